The molecule has 0 saturated heterocycles. The third kappa shape index (κ3) is 1.53. The van der Waals surface area contributed by atoms with Crippen molar-refractivity contribution >= 4 is 5.78 Å². The molecule has 2 bridgehead atoms. The Balaban J connectivity index is 1.91. The fourth-order valence-electron chi connectivity index (χ4n) is 7.10. The van der Waals surface area contributed by atoms with Gasteiger partial charge in [-0.15, -0.1) is 0 Å². The Hall–Kier alpha value is -0.630. The van der Waals surface area contributed by atoms with Crippen LogP contribution in [0.1, 0.15) is 72.6 Å². The predicted octanol–water partition coefficient (Wildman–Crippen LogP) is 4.27. The van der Waals surface area contributed by atoms with Gasteiger partial charge in [0.25, 0.3) is 0 Å². The van der Waals surface area contributed by atoms with E-state index < -0.39 is 6.10 Å². The van der Waals surface area contributed by atoms with E-state index in [4.69, 9.17) is 0 Å². The van der Waals surface area contributed by atoms with Gasteiger partial charge in [0, 0.05) is 10.8 Å². The molecule has 0 radical (unpaired) electrons. The molecule has 3 fully saturated rings. The summed E-state index contributed by atoms with van der Waals surface area (Å²) in [5, 5.41) is 10.9. The van der Waals surface area contributed by atoms with E-state index in [0.717, 1.165) is 31.3 Å². The first-order valence-corrected chi connectivity index (χ1v) is 9.09. The van der Waals surface area contributed by atoms with Crippen molar-refractivity contribution in [3.63, 3.8) is 0 Å². The van der Waals surface area contributed by atoms with Crippen LogP contribution in [0.25, 0.3) is 0 Å². The van der Waals surface area contributed by atoms with Crippen LogP contribution in [-0.4, -0.2) is 17.0 Å². The normalized spacial score (nSPS) is 52.8. The molecule has 2 nitrogen and oxygen atoms in total. The van der Waals surface area contributed by atoms with E-state index in [9.17, 15) is 9.90 Å². The van der Waals surface area contributed by atoms with Gasteiger partial charge in [0.15, 0.2) is 5.78 Å². The van der Waals surface area contributed by atoms with Gasteiger partial charge < -0.3 is 5.11 Å². The predicted molar refractivity (Wildman–Crippen MR) is 87.3 cm³/mol. The molecular weight excluding hydrogens is 272 g/mol. The van der Waals surface area contributed by atoms with Crippen molar-refractivity contribution in [2.24, 2.45) is 27.6 Å². The standard InChI is InChI=1S/C20H30O2/c1-17(2)6-5-7-19(4)15(17)11-14(21)13-10-16(22)18(3)8-9-20(13,19)12-18/h10,14-15,21H,5-9,11-12H2,1-4H3/t14-,15-,18-,19-,20-/m0/s1. The Morgan fingerprint density at radius 3 is 2.55 bits per heavy atom. The molecule has 2 heteroatoms. The second-order valence-corrected chi connectivity index (χ2v) is 9.85. The highest BCUT2D eigenvalue weighted by Gasteiger charge is 2.68. The van der Waals surface area contributed by atoms with Crippen molar-refractivity contribution in [2.75, 3.05) is 0 Å². The van der Waals surface area contributed by atoms with Crippen molar-refractivity contribution < 1.29 is 9.90 Å². The number of carbonyl (C=O) groups excluding carboxylic acids is 1. The highest BCUT2D eigenvalue weighted by molar-refractivity contribution is 5.97. The van der Waals surface area contributed by atoms with Crippen LogP contribution in [0.5, 0.6) is 0 Å². The maximum absolute atomic E-state index is 12.6. The lowest BCUT2D eigenvalue weighted by atomic mass is 9.40. The third-order valence-electron chi connectivity index (χ3n) is 8.37. The molecular formula is C20H30O2. The molecule has 4 rings (SSSR count). The van der Waals surface area contributed by atoms with Gasteiger partial charge in [-0.3, -0.25) is 4.79 Å². The zero-order valence-corrected chi connectivity index (χ0v) is 14.5. The largest absolute Gasteiger partial charge is 0.389 e. The van der Waals surface area contributed by atoms with Crippen LogP contribution in [0.2, 0.25) is 0 Å². The lowest BCUT2D eigenvalue weighted by Crippen LogP contribution is -2.59. The minimum Gasteiger partial charge on any atom is -0.389 e. The monoisotopic (exact) mass is 302 g/mol. The highest BCUT2D eigenvalue weighted by atomic mass is 16.3. The van der Waals surface area contributed by atoms with Gasteiger partial charge in [0.1, 0.15) is 0 Å². The van der Waals surface area contributed by atoms with Crippen molar-refractivity contribution in [1.82, 2.24) is 0 Å². The molecule has 0 heterocycles. The van der Waals surface area contributed by atoms with Crippen molar-refractivity contribution in [3.8, 4) is 0 Å². The zero-order valence-electron chi connectivity index (χ0n) is 14.5. The van der Waals surface area contributed by atoms with Crippen molar-refractivity contribution in [2.45, 2.75) is 78.7 Å². The SMILES string of the molecule is CC1(C)CCC[C@@]2(C)[C@H]1C[C@H](O)C1=CC(=O)[C@@]3(C)CC[C@]12C3. The molecule has 0 aromatic carbocycles. The molecule has 0 aromatic rings. The van der Waals surface area contributed by atoms with Crippen LogP contribution in [0.15, 0.2) is 11.6 Å². The Morgan fingerprint density at radius 1 is 1.09 bits per heavy atom. The Bertz CT molecular complexity index is 574. The smallest absolute Gasteiger partial charge is 0.161 e. The van der Waals surface area contributed by atoms with E-state index in [2.05, 4.69) is 27.7 Å². The number of rotatable bonds is 0. The number of carbonyl (C=O) groups is 1. The lowest BCUT2D eigenvalue weighted by Gasteiger charge is -2.65. The van der Waals surface area contributed by atoms with Crippen molar-refractivity contribution in [1.29, 1.82) is 0 Å². The van der Waals surface area contributed by atoms with Gasteiger partial charge in [-0.1, -0.05) is 34.1 Å². The van der Waals surface area contributed by atoms with Crippen LogP contribution < -0.4 is 0 Å². The van der Waals surface area contributed by atoms with Crippen molar-refractivity contribution in [3.05, 3.63) is 11.6 Å². The number of aliphatic hydroxyl groups is 1. The third-order valence-corrected chi connectivity index (χ3v) is 8.37. The van der Waals surface area contributed by atoms with Crippen LogP contribution in [-0.2, 0) is 4.79 Å². The number of hydrogen-bond donors (Lipinski definition) is 1. The molecule has 1 N–H and O–H groups in total. The van der Waals surface area contributed by atoms with Gasteiger partial charge in [-0.2, -0.15) is 0 Å². The summed E-state index contributed by atoms with van der Waals surface area (Å²) in [7, 11) is 0. The molecule has 4 aliphatic rings. The van der Waals surface area contributed by atoms with Gasteiger partial charge in [-0.25, -0.2) is 0 Å². The number of ketones is 1. The van der Waals surface area contributed by atoms with E-state index in [-0.39, 0.29) is 22.0 Å². The summed E-state index contributed by atoms with van der Waals surface area (Å²) in [6.45, 7) is 9.44. The summed E-state index contributed by atoms with van der Waals surface area (Å²) < 4.78 is 0. The van der Waals surface area contributed by atoms with E-state index in [1.165, 1.54) is 19.3 Å². The molecule has 3 saturated carbocycles. The first-order chi connectivity index (χ1) is 10.1. The summed E-state index contributed by atoms with van der Waals surface area (Å²) in [5.41, 5.74) is 1.56. The molecule has 0 amide bonds. The maximum atomic E-state index is 12.6. The summed E-state index contributed by atoms with van der Waals surface area (Å²) in [6.07, 6.45) is 9.21. The van der Waals surface area contributed by atoms with Crippen LogP contribution >= 0.6 is 0 Å². The zero-order chi connectivity index (χ0) is 16.0. The summed E-state index contributed by atoms with van der Waals surface area (Å²) in [6, 6.07) is 0. The first kappa shape index (κ1) is 14.9. The van der Waals surface area contributed by atoms with Gasteiger partial charge in [-0.05, 0) is 66.9 Å². The number of fused-ring (bicyclic) bond motifs is 2. The number of aliphatic hydroxyl groups excluding tert-OH is 1. The fourth-order valence-corrected chi connectivity index (χ4v) is 7.10. The van der Waals surface area contributed by atoms with E-state index in [0.29, 0.717) is 11.3 Å². The lowest BCUT2D eigenvalue weighted by molar-refractivity contribution is -0.140. The quantitative estimate of drug-likeness (QED) is 0.725. The van der Waals surface area contributed by atoms with Gasteiger partial charge in [0.05, 0.1) is 6.10 Å². The van der Waals surface area contributed by atoms with Crippen LogP contribution in [0.3, 0.4) is 0 Å². The maximum Gasteiger partial charge on any atom is 0.161 e. The topological polar surface area (TPSA) is 37.3 Å². The first-order valence-electron chi connectivity index (χ1n) is 9.09. The van der Waals surface area contributed by atoms with Crippen LogP contribution in [0.4, 0.5) is 0 Å². The van der Waals surface area contributed by atoms with Crippen LogP contribution in [0, 0.1) is 27.6 Å². The Kier molecular flexibility index (Phi) is 2.76. The van der Waals surface area contributed by atoms with E-state index in [1.807, 2.05) is 6.08 Å². The summed E-state index contributed by atoms with van der Waals surface area (Å²) in [4.78, 5) is 12.6. The molecule has 1 spiro atoms. The molecule has 122 valence electrons. The summed E-state index contributed by atoms with van der Waals surface area (Å²) in [5.74, 6) is 0.836. The molecule has 5 atom stereocenters. The average molecular weight is 302 g/mol. The number of hydrogen-bond acceptors (Lipinski definition) is 2. The summed E-state index contributed by atoms with van der Waals surface area (Å²) >= 11 is 0. The second-order valence-electron chi connectivity index (χ2n) is 9.85. The van der Waals surface area contributed by atoms with Gasteiger partial charge in [0.2, 0.25) is 0 Å². The molecule has 22 heavy (non-hydrogen) atoms. The fraction of sp³-hybridized carbons (Fsp3) is 0.850. The Morgan fingerprint density at radius 2 is 1.82 bits per heavy atom. The molecule has 0 unspecified atom stereocenters. The minimum atomic E-state index is -0.401. The number of allylic oxidation sites excluding steroid dienone is 1. The second kappa shape index (κ2) is 4.06. The molecule has 0 aromatic heterocycles. The van der Waals surface area contributed by atoms with Gasteiger partial charge >= 0.3 is 0 Å². The van der Waals surface area contributed by atoms with E-state index >= 15 is 0 Å². The molecule has 0 aliphatic heterocycles. The molecule has 4 aliphatic carbocycles. The minimum absolute atomic E-state index is 0.0791. The Labute approximate surface area is 134 Å². The highest BCUT2D eigenvalue weighted by Crippen LogP contribution is 2.74. The average Bonchev–Trinajstić information content (AvgIpc) is 2.74. The van der Waals surface area contributed by atoms with E-state index in [1.54, 1.807) is 0 Å².